The van der Waals surface area contributed by atoms with E-state index >= 15 is 0 Å². The minimum absolute atomic E-state index is 0.251. The summed E-state index contributed by atoms with van der Waals surface area (Å²) in [6.07, 6.45) is 0. The van der Waals surface area contributed by atoms with E-state index in [0.29, 0.717) is 5.56 Å². The number of imide groups is 1. The number of hydrogen-bond acceptors (Lipinski definition) is 2. The molecule has 4 nitrogen and oxygen atoms in total. The van der Waals surface area contributed by atoms with E-state index in [9.17, 15) is 9.59 Å². The van der Waals surface area contributed by atoms with Crippen LogP contribution in [-0.2, 0) is 0 Å². The third-order valence-electron chi connectivity index (χ3n) is 1.41. The zero-order valence-electron chi connectivity index (χ0n) is 6.91. The SMILES string of the molecule is O=C(NC(=O)N(Cl)Cl)c1ccccc1. The Kier molecular flexibility index (Phi) is 3.73. The molecule has 0 aliphatic heterocycles. The number of benzene rings is 1. The van der Waals surface area contributed by atoms with Gasteiger partial charge in [0.15, 0.2) is 0 Å². The predicted molar refractivity (Wildman–Crippen MR) is 52.8 cm³/mol. The van der Waals surface area contributed by atoms with Crippen molar-refractivity contribution < 1.29 is 9.59 Å². The zero-order valence-corrected chi connectivity index (χ0v) is 8.42. The van der Waals surface area contributed by atoms with Crippen LogP contribution in [0.15, 0.2) is 30.3 Å². The van der Waals surface area contributed by atoms with E-state index in [-0.39, 0.29) is 3.94 Å². The minimum atomic E-state index is -0.887. The molecule has 14 heavy (non-hydrogen) atoms. The van der Waals surface area contributed by atoms with Gasteiger partial charge in [-0.1, -0.05) is 18.2 Å². The lowest BCUT2D eigenvalue weighted by Crippen LogP contribution is -2.34. The van der Waals surface area contributed by atoms with Gasteiger partial charge in [0.2, 0.25) is 0 Å². The summed E-state index contributed by atoms with van der Waals surface area (Å²) in [7, 11) is 0. The molecule has 0 saturated carbocycles. The largest absolute Gasteiger partial charge is 0.354 e. The molecule has 74 valence electrons. The van der Waals surface area contributed by atoms with Gasteiger partial charge in [-0.2, -0.15) is 0 Å². The molecule has 0 aliphatic rings. The van der Waals surface area contributed by atoms with Crippen molar-refractivity contribution in [3.63, 3.8) is 0 Å². The topological polar surface area (TPSA) is 49.4 Å². The molecule has 0 spiro atoms. The normalized spacial score (nSPS) is 9.29. The first-order chi connectivity index (χ1) is 6.61. The third kappa shape index (κ3) is 2.90. The fourth-order valence-electron chi connectivity index (χ4n) is 0.801. The summed E-state index contributed by atoms with van der Waals surface area (Å²) >= 11 is 10.2. The molecular formula is C8H6Cl2N2O2. The Morgan fingerprint density at radius 1 is 1.14 bits per heavy atom. The average molecular weight is 233 g/mol. The van der Waals surface area contributed by atoms with Crippen molar-refractivity contribution in [2.45, 2.75) is 0 Å². The molecule has 0 unspecified atom stereocenters. The van der Waals surface area contributed by atoms with Crippen LogP contribution >= 0.6 is 23.6 Å². The van der Waals surface area contributed by atoms with Gasteiger partial charge < -0.3 is 0 Å². The molecule has 3 amide bonds. The summed E-state index contributed by atoms with van der Waals surface area (Å²) < 4.78 is 0.251. The van der Waals surface area contributed by atoms with Gasteiger partial charge >= 0.3 is 6.03 Å². The van der Waals surface area contributed by atoms with Gasteiger partial charge in [0, 0.05) is 29.1 Å². The number of halogens is 2. The summed E-state index contributed by atoms with van der Waals surface area (Å²) in [5, 5.41) is 1.98. The summed E-state index contributed by atoms with van der Waals surface area (Å²) in [6, 6.07) is 7.36. The maximum absolute atomic E-state index is 11.3. The van der Waals surface area contributed by atoms with Gasteiger partial charge in [-0.05, 0) is 12.1 Å². The van der Waals surface area contributed by atoms with E-state index in [1.165, 1.54) is 0 Å². The predicted octanol–water partition coefficient (Wildman–Crippen LogP) is 2.15. The smallest absolute Gasteiger partial charge is 0.272 e. The van der Waals surface area contributed by atoms with E-state index < -0.39 is 11.9 Å². The highest BCUT2D eigenvalue weighted by molar-refractivity contribution is 6.42. The molecule has 6 heteroatoms. The van der Waals surface area contributed by atoms with Gasteiger partial charge in [-0.15, -0.1) is 3.94 Å². The Bertz CT molecular complexity index is 340. The van der Waals surface area contributed by atoms with Crippen LogP contribution in [0, 0.1) is 0 Å². The number of rotatable bonds is 1. The highest BCUT2D eigenvalue weighted by Gasteiger charge is 2.13. The second-order valence-corrected chi connectivity index (χ2v) is 3.21. The van der Waals surface area contributed by atoms with Gasteiger partial charge in [-0.25, -0.2) is 4.79 Å². The van der Waals surface area contributed by atoms with Crippen molar-refractivity contribution in [2.75, 3.05) is 0 Å². The molecule has 0 fully saturated rings. The van der Waals surface area contributed by atoms with Gasteiger partial charge in [0.25, 0.3) is 5.91 Å². The lowest BCUT2D eigenvalue weighted by atomic mass is 10.2. The van der Waals surface area contributed by atoms with E-state index in [2.05, 4.69) is 0 Å². The highest BCUT2D eigenvalue weighted by Crippen LogP contribution is 2.01. The number of nitrogens with zero attached hydrogens (tertiary/aromatic N) is 1. The van der Waals surface area contributed by atoms with Crippen LogP contribution in [0.25, 0.3) is 0 Å². The van der Waals surface area contributed by atoms with E-state index in [1.54, 1.807) is 30.3 Å². The molecule has 0 aromatic heterocycles. The number of hydrogen-bond donors (Lipinski definition) is 1. The Morgan fingerprint density at radius 2 is 1.71 bits per heavy atom. The Balaban J connectivity index is 2.65. The quantitative estimate of drug-likeness (QED) is 0.755. The van der Waals surface area contributed by atoms with Crippen molar-refractivity contribution in [1.29, 1.82) is 0 Å². The maximum atomic E-state index is 11.3. The molecule has 0 heterocycles. The van der Waals surface area contributed by atoms with Gasteiger partial charge in [0.1, 0.15) is 0 Å². The Morgan fingerprint density at radius 3 is 2.21 bits per heavy atom. The molecule has 0 saturated heterocycles. The number of urea groups is 1. The van der Waals surface area contributed by atoms with Crippen LogP contribution in [0.1, 0.15) is 10.4 Å². The van der Waals surface area contributed by atoms with Crippen LogP contribution in [0.3, 0.4) is 0 Å². The molecule has 1 N–H and O–H groups in total. The van der Waals surface area contributed by atoms with E-state index in [4.69, 9.17) is 23.6 Å². The van der Waals surface area contributed by atoms with Crippen LogP contribution < -0.4 is 5.32 Å². The van der Waals surface area contributed by atoms with Crippen molar-refractivity contribution in [2.24, 2.45) is 0 Å². The molecule has 0 aliphatic carbocycles. The second kappa shape index (κ2) is 4.83. The average Bonchev–Trinajstić information content (AvgIpc) is 2.19. The summed E-state index contributed by atoms with van der Waals surface area (Å²) in [5.41, 5.74) is 0.357. The molecule has 1 rings (SSSR count). The molecule has 0 radical (unpaired) electrons. The van der Waals surface area contributed by atoms with E-state index in [1.807, 2.05) is 5.32 Å². The lowest BCUT2D eigenvalue weighted by Gasteiger charge is -2.05. The lowest BCUT2D eigenvalue weighted by molar-refractivity contribution is 0.0962. The Labute approximate surface area is 90.6 Å². The van der Waals surface area contributed by atoms with Crippen molar-refractivity contribution in [1.82, 2.24) is 9.25 Å². The molecule has 1 aromatic carbocycles. The Hall–Kier alpha value is -1.26. The second-order valence-electron chi connectivity index (χ2n) is 2.36. The highest BCUT2D eigenvalue weighted by atomic mass is 35.5. The fraction of sp³-hybridized carbons (Fsp3) is 0. The standard InChI is InChI=1S/C8H6Cl2N2O2/c9-12(10)8(14)11-7(13)6-4-2-1-3-5-6/h1-5H,(H,11,13,14). The van der Waals surface area contributed by atoms with Crippen molar-refractivity contribution >= 4 is 35.5 Å². The number of carbonyl (C=O) groups is 2. The van der Waals surface area contributed by atoms with Gasteiger partial charge in [0.05, 0.1) is 0 Å². The summed E-state index contributed by atoms with van der Waals surface area (Å²) in [4.78, 5) is 22.1. The minimum Gasteiger partial charge on any atom is -0.272 e. The monoisotopic (exact) mass is 232 g/mol. The first-order valence-corrected chi connectivity index (χ1v) is 4.31. The van der Waals surface area contributed by atoms with E-state index in [0.717, 1.165) is 0 Å². The number of amides is 3. The fourth-order valence-corrected chi connectivity index (χ4v) is 0.886. The summed E-state index contributed by atoms with van der Waals surface area (Å²) in [6.45, 7) is 0. The van der Waals surface area contributed by atoms with Crippen LogP contribution in [0.5, 0.6) is 0 Å². The molecular weight excluding hydrogens is 227 g/mol. The first kappa shape index (κ1) is 10.8. The van der Waals surface area contributed by atoms with Gasteiger partial charge in [-0.3, -0.25) is 10.1 Å². The molecule has 0 atom stereocenters. The van der Waals surface area contributed by atoms with Crippen molar-refractivity contribution in [3.8, 4) is 0 Å². The van der Waals surface area contributed by atoms with Crippen molar-refractivity contribution in [3.05, 3.63) is 35.9 Å². The first-order valence-electron chi connectivity index (χ1n) is 3.63. The van der Waals surface area contributed by atoms with Crippen LogP contribution in [0.4, 0.5) is 4.79 Å². The third-order valence-corrected chi connectivity index (χ3v) is 1.72. The molecule has 0 bridgehead atoms. The van der Waals surface area contributed by atoms with Crippen LogP contribution in [-0.4, -0.2) is 15.9 Å². The zero-order chi connectivity index (χ0) is 10.6. The van der Waals surface area contributed by atoms with Crippen LogP contribution in [0.2, 0.25) is 0 Å². The summed E-state index contributed by atoms with van der Waals surface area (Å²) in [5.74, 6) is -0.554. The number of nitrogens with one attached hydrogen (secondary N) is 1. The molecule has 1 aromatic rings. The number of carbonyl (C=O) groups excluding carboxylic acids is 2. The maximum Gasteiger partial charge on any atom is 0.354 e.